The predicted octanol–water partition coefficient (Wildman–Crippen LogP) is 4.08. The Morgan fingerprint density at radius 2 is 2.26 bits per heavy atom. The summed E-state index contributed by atoms with van der Waals surface area (Å²) >= 11 is 0. The fourth-order valence-corrected chi connectivity index (χ4v) is 1.80. The van der Waals surface area contributed by atoms with E-state index in [4.69, 9.17) is 9.15 Å². The smallest absolute Gasteiger partial charge is 0.434 e. The largest absolute Gasteiger partial charge is 0.490 e. The number of hydrogen-bond acceptors (Lipinski definition) is 4. The van der Waals surface area contributed by atoms with Crippen LogP contribution in [0.2, 0.25) is 0 Å². The van der Waals surface area contributed by atoms with Crippen molar-refractivity contribution >= 4 is 16.9 Å². The number of fused-ring (bicyclic) bond motifs is 1. The zero-order valence-corrected chi connectivity index (χ0v) is 10.5. The number of para-hydroxylation sites is 1. The first-order valence-corrected chi connectivity index (χ1v) is 6.13. The van der Waals surface area contributed by atoms with Gasteiger partial charge in [-0.05, 0) is 25.3 Å². The topological polar surface area (TPSA) is 65.5 Å². The quantitative estimate of drug-likeness (QED) is 0.326. The molecule has 2 rings (SSSR count). The summed E-state index contributed by atoms with van der Waals surface area (Å²) in [4.78, 5) is 10.1. The van der Waals surface area contributed by atoms with Crippen LogP contribution in [0.15, 0.2) is 41.3 Å². The van der Waals surface area contributed by atoms with E-state index in [0.29, 0.717) is 23.3 Å². The summed E-state index contributed by atoms with van der Waals surface area (Å²) in [5, 5.41) is 11.4. The molecule has 2 aromatic rings. The van der Waals surface area contributed by atoms with Crippen LogP contribution < -0.4 is 4.74 Å². The lowest BCUT2D eigenvalue weighted by molar-refractivity contribution is -0.401. The van der Waals surface area contributed by atoms with Gasteiger partial charge in [0.1, 0.15) is 4.92 Å². The second kappa shape index (κ2) is 6.04. The Kier molecular flexibility index (Phi) is 4.18. The van der Waals surface area contributed by atoms with Gasteiger partial charge in [0, 0.05) is 5.39 Å². The summed E-state index contributed by atoms with van der Waals surface area (Å²) in [5.41, 5.74) is 0.429. The average Bonchev–Trinajstić information content (AvgIpc) is 2.83. The van der Waals surface area contributed by atoms with Crippen LogP contribution in [0.25, 0.3) is 11.0 Å². The van der Waals surface area contributed by atoms with Crippen LogP contribution in [-0.2, 0) is 0 Å². The molecule has 0 fully saturated rings. The Labute approximate surface area is 110 Å². The number of hydrogen-bond donors (Lipinski definition) is 0. The van der Waals surface area contributed by atoms with E-state index in [0.717, 1.165) is 19.3 Å². The van der Waals surface area contributed by atoms with Gasteiger partial charge in [-0.1, -0.05) is 18.2 Å². The zero-order valence-electron chi connectivity index (χ0n) is 10.5. The van der Waals surface area contributed by atoms with Crippen molar-refractivity contribution < 1.29 is 14.1 Å². The second-order valence-electron chi connectivity index (χ2n) is 4.15. The number of rotatable bonds is 7. The minimum Gasteiger partial charge on any atom is -0.490 e. The molecule has 0 unspecified atom stereocenters. The third-order valence-electron chi connectivity index (χ3n) is 2.74. The van der Waals surface area contributed by atoms with E-state index in [1.165, 1.54) is 6.07 Å². The third-order valence-corrected chi connectivity index (χ3v) is 2.74. The molecule has 0 saturated heterocycles. The van der Waals surface area contributed by atoms with Gasteiger partial charge in [0.05, 0.1) is 12.7 Å². The normalized spacial score (nSPS) is 10.5. The molecule has 0 atom stereocenters. The molecular weight excluding hydrogens is 246 g/mol. The van der Waals surface area contributed by atoms with Crippen molar-refractivity contribution in [2.75, 3.05) is 6.61 Å². The molecule has 0 saturated carbocycles. The lowest BCUT2D eigenvalue weighted by Crippen LogP contribution is -1.97. The number of benzene rings is 1. The van der Waals surface area contributed by atoms with Crippen molar-refractivity contribution in [1.29, 1.82) is 0 Å². The molecule has 0 aliphatic rings. The molecule has 0 radical (unpaired) electrons. The van der Waals surface area contributed by atoms with Crippen LogP contribution >= 0.6 is 0 Å². The first-order chi connectivity index (χ1) is 9.22. The van der Waals surface area contributed by atoms with Gasteiger partial charge >= 0.3 is 5.88 Å². The van der Waals surface area contributed by atoms with Gasteiger partial charge in [-0.2, -0.15) is 0 Å². The molecule has 5 heteroatoms. The number of unbranched alkanes of at least 4 members (excludes halogenated alkanes) is 2. The van der Waals surface area contributed by atoms with E-state index >= 15 is 0 Å². The molecule has 1 heterocycles. The molecule has 100 valence electrons. The van der Waals surface area contributed by atoms with Gasteiger partial charge < -0.3 is 9.15 Å². The molecule has 5 nitrogen and oxygen atoms in total. The highest BCUT2D eigenvalue weighted by Crippen LogP contribution is 2.31. The first-order valence-electron chi connectivity index (χ1n) is 6.13. The Morgan fingerprint density at radius 3 is 3.00 bits per heavy atom. The predicted molar refractivity (Wildman–Crippen MR) is 72.4 cm³/mol. The number of nitro groups is 1. The highest BCUT2D eigenvalue weighted by molar-refractivity contribution is 5.85. The SMILES string of the molecule is C=CCCCCOc1cccc2cc([N+](=O)[O-])oc12. The summed E-state index contributed by atoms with van der Waals surface area (Å²) in [6.45, 7) is 4.21. The summed E-state index contributed by atoms with van der Waals surface area (Å²) in [6.07, 6.45) is 4.75. The Balaban J connectivity index is 2.09. The van der Waals surface area contributed by atoms with E-state index in [9.17, 15) is 10.1 Å². The highest BCUT2D eigenvalue weighted by atomic mass is 16.6. The summed E-state index contributed by atoms with van der Waals surface area (Å²) in [7, 11) is 0. The maximum absolute atomic E-state index is 10.7. The minimum atomic E-state index is -0.548. The van der Waals surface area contributed by atoms with E-state index in [1.807, 2.05) is 6.08 Å². The van der Waals surface area contributed by atoms with Crippen LogP contribution in [-0.4, -0.2) is 11.5 Å². The van der Waals surface area contributed by atoms with E-state index in [2.05, 4.69) is 6.58 Å². The maximum atomic E-state index is 10.7. The summed E-state index contributed by atoms with van der Waals surface area (Å²) < 4.78 is 10.8. The molecule has 0 aliphatic carbocycles. The summed E-state index contributed by atoms with van der Waals surface area (Å²) in [5.74, 6) is 0.280. The minimum absolute atomic E-state index is 0.266. The zero-order chi connectivity index (χ0) is 13.7. The fourth-order valence-electron chi connectivity index (χ4n) is 1.80. The van der Waals surface area contributed by atoms with Crippen LogP contribution in [0.3, 0.4) is 0 Å². The molecule has 0 aliphatic heterocycles. The van der Waals surface area contributed by atoms with Gasteiger partial charge in [-0.15, -0.1) is 6.58 Å². The van der Waals surface area contributed by atoms with E-state index in [-0.39, 0.29) is 5.88 Å². The molecule has 0 amide bonds. The lowest BCUT2D eigenvalue weighted by Gasteiger charge is -2.05. The summed E-state index contributed by atoms with van der Waals surface area (Å²) in [6, 6.07) is 6.71. The molecular formula is C14H15NO4. The first kappa shape index (κ1) is 13.1. The Bertz CT molecular complexity index is 588. The van der Waals surface area contributed by atoms with Crippen molar-refractivity contribution in [3.63, 3.8) is 0 Å². The van der Waals surface area contributed by atoms with Crippen molar-refractivity contribution in [2.24, 2.45) is 0 Å². The Hall–Kier alpha value is -2.30. The number of furan rings is 1. The van der Waals surface area contributed by atoms with Gasteiger partial charge in [-0.25, -0.2) is 0 Å². The van der Waals surface area contributed by atoms with Crippen LogP contribution in [0, 0.1) is 10.1 Å². The molecule has 0 spiro atoms. The van der Waals surface area contributed by atoms with Gasteiger partial charge in [0.15, 0.2) is 11.3 Å². The third kappa shape index (κ3) is 3.13. The molecule has 19 heavy (non-hydrogen) atoms. The fraction of sp³-hybridized carbons (Fsp3) is 0.286. The van der Waals surface area contributed by atoms with Crippen molar-refractivity contribution in [3.8, 4) is 5.75 Å². The van der Waals surface area contributed by atoms with E-state index < -0.39 is 4.92 Å². The lowest BCUT2D eigenvalue weighted by atomic mass is 10.2. The number of nitrogens with zero attached hydrogens (tertiary/aromatic N) is 1. The van der Waals surface area contributed by atoms with E-state index in [1.54, 1.807) is 18.2 Å². The average molecular weight is 261 g/mol. The number of ether oxygens (including phenoxy) is 1. The monoisotopic (exact) mass is 261 g/mol. The molecule has 1 aromatic heterocycles. The second-order valence-corrected chi connectivity index (χ2v) is 4.15. The van der Waals surface area contributed by atoms with Crippen molar-refractivity contribution in [2.45, 2.75) is 19.3 Å². The molecule has 0 bridgehead atoms. The van der Waals surface area contributed by atoms with Crippen LogP contribution in [0.5, 0.6) is 5.75 Å². The van der Waals surface area contributed by atoms with Gasteiger partial charge in [0.2, 0.25) is 0 Å². The standard InChI is InChI=1S/C14H15NO4/c1-2-3-4-5-9-18-12-8-6-7-11-10-13(15(16)17)19-14(11)12/h2,6-8,10H,1,3-5,9H2. The van der Waals surface area contributed by atoms with Gasteiger partial charge in [0.25, 0.3) is 0 Å². The molecule has 1 aromatic carbocycles. The Morgan fingerprint density at radius 1 is 1.42 bits per heavy atom. The van der Waals surface area contributed by atoms with Gasteiger partial charge in [-0.3, -0.25) is 10.1 Å². The van der Waals surface area contributed by atoms with Crippen molar-refractivity contribution in [3.05, 3.63) is 47.0 Å². The molecule has 0 N–H and O–H groups in total. The highest BCUT2D eigenvalue weighted by Gasteiger charge is 2.16. The number of allylic oxidation sites excluding steroid dienone is 1. The maximum Gasteiger partial charge on any atom is 0.434 e. The van der Waals surface area contributed by atoms with Crippen molar-refractivity contribution in [1.82, 2.24) is 0 Å². The van der Waals surface area contributed by atoms with Crippen LogP contribution in [0.4, 0.5) is 5.88 Å². The van der Waals surface area contributed by atoms with Crippen LogP contribution in [0.1, 0.15) is 19.3 Å².